The van der Waals surface area contributed by atoms with Crippen LogP contribution < -0.4 is 20.7 Å². The van der Waals surface area contributed by atoms with Gasteiger partial charge in [-0.25, -0.2) is 13.9 Å². The van der Waals surface area contributed by atoms with Crippen LogP contribution in [0, 0.1) is 5.82 Å². The van der Waals surface area contributed by atoms with E-state index in [-0.39, 0.29) is 19.1 Å². The minimum atomic E-state index is -4.67. The molecule has 0 aliphatic carbocycles. The molecule has 2 aromatic heterocycles. The highest BCUT2D eigenvalue weighted by atomic mass is 19.4. The van der Waals surface area contributed by atoms with Gasteiger partial charge in [-0.3, -0.25) is 14.4 Å². The lowest BCUT2D eigenvalue weighted by Crippen LogP contribution is -2.35. The topological polar surface area (TPSA) is 127 Å². The molecule has 3 amide bonds. The van der Waals surface area contributed by atoms with Crippen LogP contribution in [0.5, 0.6) is 5.75 Å². The molecule has 172 valence electrons. The van der Waals surface area contributed by atoms with E-state index in [9.17, 15) is 31.9 Å². The van der Waals surface area contributed by atoms with Crippen LogP contribution in [0.15, 0.2) is 30.5 Å². The summed E-state index contributed by atoms with van der Waals surface area (Å²) >= 11 is 0. The highest BCUT2D eigenvalue weighted by Crippen LogP contribution is 2.28. The van der Waals surface area contributed by atoms with E-state index in [1.54, 1.807) is 23.5 Å². The first-order valence-electron chi connectivity index (χ1n) is 9.34. The quantitative estimate of drug-likeness (QED) is 0.489. The molecular weight excluding hydrogens is 452 g/mol. The van der Waals surface area contributed by atoms with Gasteiger partial charge in [0.2, 0.25) is 0 Å². The van der Waals surface area contributed by atoms with Gasteiger partial charge >= 0.3 is 6.18 Å². The van der Waals surface area contributed by atoms with Gasteiger partial charge in [0.15, 0.2) is 18.1 Å². The van der Waals surface area contributed by atoms with E-state index in [2.05, 4.69) is 20.7 Å². The molecule has 10 nitrogen and oxygen atoms in total. The van der Waals surface area contributed by atoms with E-state index in [1.165, 1.54) is 0 Å². The number of ether oxygens (including phenoxy) is 1. The maximum absolute atomic E-state index is 14.0. The first-order chi connectivity index (χ1) is 15.6. The Kier molecular flexibility index (Phi) is 5.57. The highest BCUT2D eigenvalue weighted by Gasteiger charge is 2.29. The normalized spacial score (nSPS) is 13.2. The Morgan fingerprint density at radius 3 is 2.73 bits per heavy atom. The van der Waals surface area contributed by atoms with Crippen molar-refractivity contribution >= 4 is 29.1 Å². The van der Waals surface area contributed by atoms with Gasteiger partial charge in [0.25, 0.3) is 17.7 Å². The third-order valence-electron chi connectivity index (χ3n) is 4.47. The summed E-state index contributed by atoms with van der Waals surface area (Å²) in [5, 5.41) is 10.4. The van der Waals surface area contributed by atoms with E-state index in [1.807, 2.05) is 0 Å². The molecule has 0 fully saturated rings. The molecule has 3 aromatic rings. The van der Waals surface area contributed by atoms with Gasteiger partial charge in [-0.15, -0.1) is 0 Å². The standard InChI is InChI=1S/C19H14F4N6O4/c20-10-6-26-29-13(18(32)25-8-19(21,22)23)4-12(28-16(10)29)17(31)24-5-9-1-2-14-11(3-9)27-15(30)7-33-14/h1-4,6H,5,7-8H2,(H,24,31)(H,25,32)(H,27,30). The molecule has 0 saturated heterocycles. The maximum atomic E-state index is 14.0. The zero-order chi connectivity index (χ0) is 23.8. The Labute approximate surface area is 181 Å². The number of nitrogens with one attached hydrogen (secondary N) is 3. The van der Waals surface area contributed by atoms with Crippen molar-refractivity contribution in [3.8, 4) is 5.75 Å². The summed E-state index contributed by atoms with van der Waals surface area (Å²) in [5.41, 5.74) is -0.427. The van der Waals surface area contributed by atoms with E-state index >= 15 is 0 Å². The number of anilines is 1. The van der Waals surface area contributed by atoms with Crippen molar-refractivity contribution in [3.05, 3.63) is 53.2 Å². The Morgan fingerprint density at radius 1 is 1.18 bits per heavy atom. The first kappa shape index (κ1) is 22.0. The van der Waals surface area contributed by atoms with Gasteiger partial charge < -0.3 is 20.7 Å². The van der Waals surface area contributed by atoms with Gasteiger partial charge in [0.05, 0.1) is 11.9 Å². The maximum Gasteiger partial charge on any atom is 0.405 e. The summed E-state index contributed by atoms with van der Waals surface area (Å²) in [6, 6.07) is 5.72. The van der Waals surface area contributed by atoms with Crippen LogP contribution in [-0.4, -0.2) is 51.6 Å². The van der Waals surface area contributed by atoms with Gasteiger partial charge in [-0.1, -0.05) is 6.07 Å². The number of hydrogen-bond acceptors (Lipinski definition) is 6. The predicted octanol–water partition coefficient (Wildman–Crippen LogP) is 1.42. The molecule has 1 aliphatic heterocycles. The third kappa shape index (κ3) is 4.83. The van der Waals surface area contributed by atoms with Gasteiger partial charge in [0, 0.05) is 12.6 Å². The Bertz CT molecular complexity index is 1270. The zero-order valence-corrected chi connectivity index (χ0v) is 16.5. The summed E-state index contributed by atoms with van der Waals surface area (Å²) in [6.45, 7) is -1.77. The molecule has 0 unspecified atom stereocenters. The largest absolute Gasteiger partial charge is 0.482 e. The lowest BCUT2D eigenvalue weighted by molar-refractivity contribution is -0.123. The highest BCUT2D eigenvalue weighted by molar-refractivity contribution is 5.98. The van der Waals surface area contributed by atoms with Crippen molar-refractivity contribution < 1.29 is 36.7 Å². The van der Waals surface area contributed by atoms with Crippen molar-refractivity contribution in [2.24, 2.45) is 0 Å². The van der Waals surface area contributed by atoms with E-state index in [0.29, 0.717) is 27.7 Å². The number of amides is 3. The zero-order valence-electron chi connectivity index (χ0n) is 16.5. The molecule has 0 saturated carbocycles. The fourth-order valence-corrected chi connectivity index (χ4v) is 3.00. The summed E-state index contributed by atoms with van der Waals surface area (Å²) < 4.78 is 57.3. The monoisotopic (exact) mass is 466 g/mol. The fraction of sp³-hybridized carbons (Fsp3) is 0.211. The number of nitrogens with zero attached hydrogens (tertiary/aromatic N) is 3. The molecule has 0 radical (unpaired) electrons. The number of rotatable bonds is 5. The van der Waals surface area contributed by atoms with Crippen LogP contribution in [0.4, 0.5) is 23.2 Å². The van der Waals surface area contributed by atoms with E-state index in [4.69, 9.17) is 4.74 Å². The molecule has 4 rings (SSSR count). The lowest BCUT2D eigenvalue weighted by atomic mass is 10.1. The summed E-state index contributed by atoms with van der Waals surface area (Å²) in [6.07, 6.45) is -3.95. The number of carbonyl (C=O) groups excluding carboxylic acids is 3. The van der Waals surface area contributed by atoms with Crippen molar-refractivity contribution in [2.75, 3.05) is 18.5 Å². The fourth-order valence-electron chi connectivity index (χ4n) is 3.00. The predicted molar refractivity (Wildman–Crippen MR) is 103 cm³/mol. The molecule has 3 N–H and O–H groups in total. The average Bonchev–Trinajstić information content (AvgIpc) is 3.15. The second-order valence-electron chi connectivity index (χ2n) is 6.90. The second kappa shape index (κ2) is 8.37. The molecule has 0 atom stereocenters. The van der Waals surface area contributed by atoms with Crippen LogP contribution >= 0.6 is 0 Å². The number of carbonyl (C=O) groups is 3. The van der Waals surface area contributed by atoms with Gasteiger partial charge in [0.1, 0.15) is 23.7 Å². The first-order valence-corrected chi connectivity index (χ1v) is 9.34. The summed E-state index contributed by atoms with van der Waals surface area (Å²) in [7, 11) is 0. The second-order valence-corrected chi connectivity index (χ2v) is 6.90. The van der Waals surface area contributed by atoms with Crippen molar-refractivity contribution in [2.45, 2.75) is 12.7 Å². The molecular formula is C19H14F4N6O4. The van der Waals surface area contributed by atoms with Crippen molar-refractivity contribution in [1.82, 2.24) is 25.2 Å². The van der Waals surface area contributed by atoms with Crippen molar-refractivity contribution in [1.29, 1.82) is 0 Å². The number of fused-ring (bicyclic) bond motifs is 2. The smallest absolute Gasteiger partial charge is 0.405 e. The Hall–Kier alpha value is -4.23. The van der Waals surface area contributed by atoms with Crippen LogP contribution in [0.3, 0.4) is 0 Å². The molecule has 1 aromatic carbocycles. The number of hydrogen-bond donors (Lipinski definition) is 3. The lowest BCUT2D eigenvalue weighted by Gasteiger charge is -2.18. The molecule has 33 heavy (non-hydrogen) atoms. The van der Waals surface area contributed by atoms with Crippen molar-refractivity contribution in [3.63, 3.8) is 0 Å². The van der Waals surface area contributed by atoms with E-state index < -0.39 is 47.4 Å². The minimum Gasteiger partial charge on any atom is -0.482 e. The minimum absolute atomic E-state index is 0.0355. The molecule has 14 heteroatoms. The van der Waals surface area contributed by atoms with Crippen LogP contribution in [0.25, 0.3) is 5.65 Å². The molecule has 0 spiro atoms. The molecule has 3 heterocycles. The number of aromatic nitrogens is 3. The Morgan fingerprint density at radius 2 is 1.97 bits per heavy atom. The van der Waals surface area contributed by atoms with E-state index in [0.717, 1.165) is 6.07 Å². The van der Waals surface area contributed by atoms with Crippen LogP contribution in [0.2, 0.25) is 0 Å². The van der Waals surface area contributed by atoms with Crippen LogP contribution in [0.1, 0.15) is 26.5 Å². The average molecular weight is 466 g/mol. The van der Waals surface area contributed by atoms with Gasteiger partial charge in [-0.2, -0.15) is 18.3 Å². The molecule has 0 bridgehead atoms. The van der Waals surface area contributed by atoms with Crippen LogP contribution in [-0.2, 0) is 11.3 Å². The summed E-state index contributed by atoms with van der Waals surface area (Å²) in [5.74, 6) is -2.88. The third-order valence-corrected chi connectivity index (χ3v) is 4.47. The SMILES string of the molecule is O=C1COc2ccc(CNC(=O)c3cc(C(=O)NCC(F)(F)F)n4ncc(F)c4n3)cc2N1. The summed E-state index contributed by atoms with van der Waals surface area (Å²) in [4.78, 5) is 40.1. The number of halogens is 4. The number of alkyl halides is 3. The van der Waals surface area contributed by atoms with Gasteiger partial charge in [-0.05, 0) is 17.7 Å². The number of benzene rings is 1. The Balaban J connectivity index is 1.54. The molecule has 1 aliphatic rings.